The quantitative estimate of drug-likeness (QED) is 0.630. The van der Waals surface area contributed by atoms with Gasteiger partial charge in [0.25, 0.3) is 5.91 Å². The molecule has 26 heavy (non-hydrogen) atoms. The van der Waals surface area contributed by atoms with Crippen LogP contribution in [-0.2, 0) is 0 Å². The van der Waals surface area contributed by atoms with Gasteiger partial charge in [0, 0.05) is 27.1 Å². The molecule has 7 heteroatoms. The maximum absolute atomic E-state index is 13.8. The summed E-state index contributed by atoms with van der Waals surface area (Å²) in [6.07, 6.45) is 0. The van der Waals surface area contributed by atoms with E-state index in [0.29, 0.717) is 16.0 Å². The minimum atomic E-state index is -0.502. The van der Waals surface area contributed by atoms with Gasteiger partial charge in [0.1, 0.15) is 5.82 Å². The second-order valence-corrected chi connectivity index (χ2v) is 6.67. The Bertz CT molecular complexity index is 940. The van der Waals surface area contributed by atoms with Crippen LogP contribution in [0.2, 0.25) is 0 Å². The van der Waals surface area contributed by atoms with Crippen LogP contribution in [0.1, 0.15) is 21.7 Å². The molecule has 1 heterocycles. The molecule has 0 radical (unpaired) electrons. The van der Waals surface area contributed by atoms with Gasteiger partial charge in [-0.3, -0.25) is 4.79 Å². The smallest absolute Gasteiger partial charge is 0.255 e. The first kappa shape index (κ1) is 18.0. The lowest BCUT2D eigenvalue weighted by molar-refractivity contribution is 0.102. The third kappa shape index (κ3) is 4.43. The third-order valence-electron chi connectivity index (χ3n) is 3.56. The number of halogens is 2. The predicted molar refractivity (Wildman–Crippen MR) is 103 cm³/mol. The topological polar surface area (TPSA) is 66.9 Å². The average Bonchev–Trinajstić information content (AvgIpc) is 2.57. The fraction of sp³-hybridized carbons (Fsp3) is 0.105. The number of aryl methyl sites for hydroxylation is 2. The first-order chi connectivity index (χ1) is 12.4. The molecule has 0 aliphatic carbocycles. The summed E-state index contributed by atoms with van der Waals surface area (Å²) in [5.41, 5.74) is 3.03. The summed E-state index contributed by atoms with van der Waals surface area (Å²) in [6, 6.07) is 13.1. The Labute approximate surface area is 158 Å². The van der Waals surface area contributed by atoms with E-state index in [9.17, 15) is 9.18 Å². The molecule has 0 fully saturated rings. The summed E-state index contributed by atoms with van der Waals surface area (Å²) < 4.78 is 14.4. The maximum Gasteiger partial charge on any atom is 0.255 e. The molecule has 2 N–H and O–H groups in total. The van der Waals surface area contributed by atoms with Crippen LogP contribution in [0, 0.1) is 19.7 Å². The highest BCUT2D eigenvalue weighted by molar-refractivity contribution is 9.10. The molecule has 0 aliphatic heterocycles. The molecule has 0 saturated heterocycles. The fourth-order valence-electron chi connectivity index (χ4n) is 2.40. The van der Waals surface area contributed by atoms with Gasteiger partial charge < -0.3 is 10.6 Å². The van der Waals surface area contributed by atoms with E-state index in [2.05, 4.69) is 36.5 Å². The van der Waals surface area contributed by atoms with Crippen molar-refractivity contribution in [2.24, 2.45) is 0 Å². The molecule has 132 valence electrons. The molecular weight excluding hydrogens is 399 g/mol. The highest BCUT2D eigenvalue weighted by Gasteiger charge is 2.10. The summed E-state index contributed by atoms with van der Waals surface area (Å²) in [7, 11) is 0. The molecule has 3 aromatic rings. The Morgan fingerprint density at radius 2 is 1.65 bits per heavy atom. The number of hydrogen-bond acceptors (Lipinski definition) is 4. The largest absolute Gasteiger partial charge is 0.324 e. The van der Waals surface area contributed by atoms with Crippen molar-refractivity contribution in [2.45, 2.75) is 13.8 Å². The van der Waals surface area contributed by atoms with Crippen LogP contribution >= 0.6 is 15.9 Å². The molecule has 1 aromatic heterocycles. The SMILES string of the molecule is Cc1cc(C)nc(Nc2ccc(C(=O)Nc3ccc(Br)cc3F)cc2)n1. The number of amides is 1. The number of anilines is 3. The van der Waals surface area contributed by atoms with Gasteiger partial charge >= 0.3 is 0 Å². The Balaban J connectivity index is 1.71. The minimum absolute atomic E-state index is 0.129. The lowest BCUT2D eigenvalue weighted by atomic mass is 10.2. The zero-order valence-electron chi connectivity index (χ0n) is 14.2. The molecule has 0 spiro atoms. The summed E-state index contributed by atoms with van der Waals surface area (Å²) in [5, 5.41) is 5.66. The van der Waals surface area contributed by atoms with Crippen molar-refractivity contribution in [3.05, 3.63) is 75.8 Å². The number of benzene rings is 2. The lowest BCUT2D eigenvalue weighted by Crippen LogP contribution is -2.13. The van der Waals surface area contributed by atoms with Crippen LogP contribution < -0.4 is 10.6 Å². The van der Waals surface area contributed by atoms with E-state index < -0.39 is 5.82 Å². The highest BCUT2D eigenvalue weighted by Crippen LogP contribution is 2.21. The van der Waals surface area contributed by atoms with Crippen molar-refractivity contribution in [1.29, 1.82) is 0 Å². The summed E-state index contributed by atoms with van der Waals surface area (Å²) in [4.78, 5) is 20.9. The van der Waals surface area contributed by atoms with E-state index in [1.807, 2.05) is 19.9 Å². The Kier molecular flexibility index (Phi) is 5.27. The number of aromatic nitrogens is 2. The molecule has 1 amide bonds. The second-order valence-electron chi connectivity index (χ2n) is 5.75. The van der Waals surface area contributed by atoms with Crippen LogP contribution in [0.5, 0.6) is 0 Å². The van der Waals surface area contributed by atoms with E-state index in [1.165, 1.54) is 12.1 Å². The molecule has 0 aliphatic rings. The average molecular weight is 415 g/mol. The number of carbonyl (C=O) groups excluding carboxylic acids is 1. The van der Waals surface area contributed by atoms with Crippen LogP contribution in [0.15, 0.2) is 53.0 Å². The third-order valence-corrected chi connectivity index (χ3v) is 4.06. The van der Waals surface area contributed by atoms with E-state index in [4.69, 9.17) is 0 Å². The molecule has 5 nitrogen and oxygen atoms in total. The van der Waals surface area contributed by atoms with Gasteiger partial charge in [0.05, 0.1) is 5.69 Å². The normalized spacial score (nSPS) is 10.5. The molecular formula is C19H16BrFN4O. The zero-order chi connectivity index (χ0) is 18.7. The summed E-state index contributed by atoms with van der Waals surface area (Å²) in [5.74, 6) is -0.393. The zero-order valence-corrected chi connectivity index (χ0v) is 15.8. The van der Waals surface area contributed by atoms with Gasteiger partial charge in [0.2, 0.25) is 5.95 Å². The number of hydrogen-bond donors (Lipinski definition) is 2. The van der Waals surface area contributed by atoms with E-state index in [-0.39, 0.29) is 11.6 Å². The minimum Gasteiger partial charge on any atom is -0.324 e. The number of nitrogens with zero attached hydrogens (tertiary/aromatic N) is 2. The van der Waals surface area contributed by atoms with Crippen molar-refractivity contribution in [3.8, 4) is 0 Å². The lowest BCUT2D eigenvalue weighted by Gasteiger charge is -2.09. The maximum atomic E-state index is 13.8. The summed E-state index contributed by atoms with van der Waals surface area (Å²) in [6.45, 7) is 3.79. The van der Waals surface area contributed by atoms with E-state index in [0.717, 1.165) is 17.1 Å². The Hall–Kier alpha value is -2.80. The Morgan fingerprint density at radius 3 is 2.27 bits per heavy atom. The van der Waals surface area contributed by atoms with Crippen molar-refractivity contribution < 1.29 is 9.18 Å². The molecule has 2 aromatic carbocycles. The van der Waals surface area contributed by atoms with Gasteiger partial charge in [-0.25, -0.2) is 14.4 Å². The molecule has 0 bridgehead atoms. The van der Waals surface area contributed by atoms with Crippen LogP contribution in [-0.4, -0.2) is 15.9 Å². The van der Waals surface area contributed by atoms with Gasteiger partial charge in [-0.15, -0.1) is 0 Å². The second kappa shape index (κ2) is 7.61. The standard InChI is InChI=1S/C19H16BrFN4O/c1-11-9-12(2)23-19(22-11)24-15-6-3-13(4-7-15)18(26)25-17-8-5-14(20)10-16(17)21/h3-10H,1-2H3,(H,25,26)(H,22,23,24). The summed E-state index contributed by atoms with van der Waals surface area (Å²) >= 11 is 3.18. The van der Waals surface area contributed by atoms with Gasteiger partial charge in [0.15, 0.2) is 0 Å². The van der Waals surface area contributed by atoms with Crippen molar-refractivity contribution in [2.75, 3.05) is 10.6 Å². The van der Waals surface area contributed by atoms with Crippen LogP contribution in [0.4, 0.5) is 21.7 Å². The van der Waals surface area contributed by atoms with Crippen molar-refractivity contribution in [3.63, 3.8) is 0 Å². The van der Waals surface area contributed by atoms with E-state index >= 15 is 0 Å². The first-order valence-corrected chi connectivity index (χ1v) is 8.66. The Morgan fingerprint density at radius 1 is 1.00 bits per heavy atom. The highest BCUT2D eigenvalue weighted by atomic mass is 79.9. The van der Waals surface area contributed by atoms with Gasteiger partial charge in [-0.1, -0.05) is 15.9 Å². The fourth-order valence-corrected chi connectivity index (χ4v) is 2.73. The van der Waals surface area contributed by atoms with Crippen LogP contribution in [0.3, 0.4) is 0 Å². The molecule has 3 rings (SSSR count). The van der Waals surface area contributed by atoms with Crippen LogP contribution in [0.25, 0.3) is 0 Å². The molecule has 0 unspecified atom stereocenters. The van der Waals surface area contributed by atoms with Crippen molar-refractivity contribution in [1.82, 2.24) is 9.97 Å². The predicted octanol–water partition coefficient (Wildman–Crippen LogP) is 4.99. The van der Waals surface area contributed by atoms with Gasteiger partial charge in [-0.2, -0.15) is 0 Å². The monoisotopic (exact) mass is 414 g/mol. The van der Waals surface area contributed by atoms with Crippen molar-refractivity contribution >= 4 is 39.2 Å². The van der Waals surface area contributed by atoms with E-state index in [1.54, 1.807) is 30.3 Å². The molecule has 0 saturated carbocycles. The first-order valence-electron chi connectivity index (χ1n) is 7.86. The number of rotatable bonds is 4. The number of nitrogens with one attached hydrogen (secondary N) is 2. The molecule has 0 atom stereocenters. The number of carbonyl (C=O) groups is 1. The van der Waals surface area contributed by atoms with Gasteiger partial charge in [-0.05, 0) is 62.4 Å².